The lowest BCUT2D eigenvalue weighted by molar-refractivity contribution is 0.537. The molecule has 1 aliphatic carbocycles. The Kier molecular flexibility index (Phi) is 6.37. The molecule has 3 N–H and O–H groups in total. The van der Waals surface area contributed by atoms with Crippen LogP contribution in [0.1, 0.15) is 44.1 Å². The van der Waals surface area contributed by atoms with Crippen LogP contribution in [-0.4, -0.2) is 6.04 Å². The van der Waals surface area contributed by atoms with Crippen molar-refractivity contribution in [2.45, 2.75) is 51.0 Å². The Morgan fingerprint density at radius 2 is 1.95 bits per heavy atom. The molecular formula is C16H22Cl2N2. The molecule has 2 rings (SSSR count). The summed E-state index contributed by atoms with van der Waals surface area (Å²) in [6.07, 6.45) is 10.6. The van der Waals surface area contributed by atoms with E-state index in [1.165, 1.54) is 31.3 Å². The van der Waals surface area contributed by atoms with Crippen LogP contribution in [0.4, 0.5) is 0 Å². The smallest absolute Gasteiger partial charge is 0.0460 e. The van der Waals surface area contributed by atoms with Crippen LogP contribution < -0.4 is 11.3 Å². The van der Waals surface area contributed by atoms with Crippen LogP contribution in [0.15, 0.2) is 29.8 Å². The second kappa shape index (κ2) is 8.04. The van der Waals surface area contributed by atoms with Crippen molar-refractivity contribution in [2.24, 2.45) is 5.84 Å². The fourth-order valence-electron chi connectivity index (χ4n) is 2.74. The molecule has 1 aromatic carbocycles. The average molecular weight is 313 g/mol. The zero-order valence-corrected chi connectivity index (χ0v) is 13.2. The summed E-state index contributed by atoms with van der Waals surface area (Å²) in [6, 6.07) is 5.81. The Balaban J connectivity index is 2.11. The molecule has 0 aromatic heterocycles. The topological polar surface area (TPSA) is 38.0 Å². The van der Waals surface area contributed by atoms with Crippen molar-refractivity contribution in [3.05, 3.63) is 45.5 Å². The van der Waals surface area contributed by atoms with E-state index in [-0.39, 0.29) is 6.04 Å². The zero-order chi connectivity index (χ0) is 14.4. The predicted molar refractivity (Wildman–Crippen MR) is 87.1 cm³/mol. The van der Waals surface area contributed by atoms with Gasteiger partial charge >= 0.3 is 0 Å². The summed E-state index contributed by atoms with van der Waals surface area (Å²) in [7, 11) is 0. The molecule has 20 heavy (non-hydrogen) atoms. The predicted octanol–water partition coefficient (Wildman–Crippen LogP) is 4.65. The van der Waals surface area contributed by atoms with Crippen molar-refractivity contribution in [2.75, 3.05) is 0 Å². The standard InChI is InChI=1S/C16H22Cl2N2/c17-14-9-8-13(15(18)11-14)10-16(20-19)12-6-4-2-1-3-5-7-12/h6,8-9,11,16,20H,1-5,7,10,19H2/b12-6+. The molecule has 0 saturated heterocycles. The average Bonchev–Trinajstić information content (AvgIpc) is 2.39. The summed E-state index contributed by atoms with van der Waals surface area (Å²) < 4.78 is 0. The van der Waals surface area contributed by atoms with E-state index in [2.05, 4.69) is 11.5 Å². The molecule has 2 nitrogen and oxygen atoms in total. The SMILES string of the molecule is NNC(Cc1ccc(Cl)cc1Cl)/C1=C/CCCCCC1. The third kappa shape index (κ3) is 4.49. The Morgan fingerprint density at radius 3 is 2.70 bits per heavy atom. The fourth-order valence-corrected chi connectivity index (χ4v) is 3.22. The maximum atomic E-state index is 6.26. The molecule has 110 valence electrons. The summed E-state index contributed by atoms with van der Waals surface area (Å²) in [4.78, 5) is 0. The molecule has 0 fully saturated rings. The molecule has 0 amide bonds. The van der Waals surface area contributed by atoms with Crippen LogP contribution in [0, 0.1) is 0 Å². The highest BCUT2D eigenvalue weighted by molar-refractivity contribution is 6.35. The van der Waals surface area contributed by atoms with E-state index in [9.17, 15) is 0 Å². The highest BCUT2D eigenvalue weighted by atomic mass is 35.5. The van der Waals surface area contributed by atoms with Gasteiger partial charge in [0.15, 0.2) is 0 Å². The minimum absolute atomic E-state index is 0.159. The van der Waals surface area contributed by atoms with Crippen molar-refractivity contribution in [3.8, 4) is 0 Å². The van der Waals surface area contributed by atoms with Crippen molar-refractivity contribution in [1.29, 1.82) is 0 Å². The summed E-state index contributed by atoms with van der Waals surface area (Å²) in [5, 5.41) is 1.38. The van der Waals surface area contributed by atoms with Crippen LogP contribution in [0.25, 0.3) is 0 Å². The molecular weight excluding hydrogens is 291 g/mol. The summed E-state index contributed by atoms with van der Waals surface area (Å²) in [5.41, 5.74) is 5.45. The van der Waals surface area contributed by atoms with Crippen LogP contribution >= 0.6 is 23.2 Å². The number of allylic oxidation sites excluding steroid dienone is 1. The number of nitrogens with two attached hydrogens (primary N) is 1. The number of benzene rings is 1. The zero-order valence-electron chi connectivity index (χ0n) is 11.7. The molecule has 1 unspecified atom stereocenters. The normalized spacial score (nSPS) is 20.6. The second-order valence-corrected chi connectivity index (χ2v) is 6.23. The minimum Gasteiger partial charge on any atom is -0.271 e. The molecule has 1 atom stereocenters. The molecule has 0 saturated carbocycles. The van der Waals surface area contributed by atoms with Crippen molar-refractivity contribution >= 4 is 23.2 Å². The van der Waals surface area contributed by atoms with Gasteiger partial charge in [-0.25, -0.2) is 0 Å². The van der Waals surface area contributed by atoms with Crippen molar-refractivity contribution in [3.63, 3.8) is 0 Å². The minimum atomic E-state index is 0.159. The van der Waals surface area contributed by atoms with Gasteiger partial charge in [-0.15, -0.1) is 0 Å². The number of hydrazine groups is 1. The maximum Gasteiger partial charge on any atom is 0.0460 e. The summed E-state index contributed by atoms with van der Waals surface area (Å²) in [5.74, 6) is 5.76. The Labute approximate surface area is 131 Å². The molecule has 1 aromatic rings. The molecule has 0 bridgehead atoms. The fraction of sp³-hybridized carbons (Fsp3) is 0.500. The first kappa shape index (κ1) is 15.8. The van der Waals surface area contributed by atoms with Gasteiger partial charge in [-0.05, 0) is 49.8 Å². The number of hydrogen-bond acceptors (Lipinski definition) is 2. The van der Waals surface area contributed by atoms with E-state index in [0.717, 1.165) is 24.8 Å². The van der Waals surface area contributed by atoms with Gasteiger partial charge in [0, 0.05) is 16.1 Å². The lowest BCUT2D eigenvalue weighted by Crippen LogP contribution is -2.38. The van der Waals surface area contributed by atoms with Gasteiger partial charge in [0.2, 0.25) is 0 Å². The van der Waals surface area contributed by atoms with Crippen molar-refractivity contribution in [1.82, 2.24) is 5.43 Å². The first-order valence-electron chi connectivity index (χ1n) is 7.29. The van der Waals surface area contributed by atoms with E-state index in [4.69, 9.17) is 29.0 Å². The van der Waals surface area contributed by atoms with E-state index in [1.807, 2.05) is 12.1 Å². The van der Waals surface area contributed by atoms with Gasteiger partial charge in [-0.1, -0.05) is 53.8 Å². The second-order valence-electron chi connectivity index (χ2n) is 5.39. The van der Waals surface area contributed by atoms with Gasteiger partial charge in [0.05, 0.1) is 0 Å². The van der Waals surface area contributed by atoms with Crippen LogP contribution in [0.5, 0.6) is 0 Å². The molecule has 1 aliphatic rings. The van der Waals surface area contributed by atoms with Gasteiger partial charge in [-0.2, -0.15) is 0 Å². The molecule has 0 aliphatic heterocycles. The first-order chi connectivity index (χ1) is 9.70. The first-order valence-corrected chi connectivity index (χ1v) is 8.05. The Hall–Kier alpha value is -0.540. The monoisotopic (exact) mass is 312 g/mol. The van der Waals surface area contributed by atoms with Gasteiger partial charge in [0.25, 0.3) is 0 Å². The molecule has 0 spiro atoms. The van der Waals surface area contributed by atoms with Crippen LogP contribution in [0.3, 0.4) is 0 Å². The third-order valence-electron chi connectivity index (χ3n) is 3.91. The largest absolute Gasteiger partial charge is 0.271 e. The lowest BCUT2D eigenvalue weighted by Gasteiger charge is -2.22. The summed E-state index contributed by atoms with van der Waals surface area (Å²) >= 11 is 12.2. The molecule has 0 radical (unpaired) electrons. The van der Waals surface area contributed by atoms with Crippen LogP contribution in [-0.2, 0) is 6.42 Å². The van der Waals surface area contributed by atoms with E-state index in [0.29, 0.717) is 10.0 Å². The number of rotatable bonds is 4. The van der Waals surface area contributed by atoms with Gasteiger partial charge in [-0.3, -0.25) is 11.3 Å². The van der Waals surface area contributed by atoms with E-state index < -0.39 is 0 Å². The Morgan fingerprint density at radius 1 is 1.15 bits per heavy atom. The number of halogens is 2. The lowest BCUT2D eigenvalue weighted by atomic mass is 9.91. The summed E-state index contributed by atoms with van der Waals surface area (Å²) in [6.45, 7) is 0. The van der Waals surface area contributed by atoms with Gasteiger partial charge < -0.3 is 0 Å². The molecule has 4 heteroatoms. The highest BCUT2D eigenvalue weighted by Crippen LogP contribution is 2.26. The van der Waals surface area contributed by atoms with Crippen LogP contribution in [0.2, 0.25) is 10.0 Å². The maximum absolute atomic E-state index is 6.26. The molecule has 0 heterocycles. The van der Waals surface area contributed by atoms with E-state index >= 15 is 0 Å². The van der Waals surface area contributed by atoms with E-state index in [1.54, 1.807) is 6.07 Å². The Bertz CT molecular complexity index is 472. The van der Waals surface area contributed by atoms with Crippen molar-refractivity contribution < 1.29 is 0 Å². The van der Waals surface area contributed by atoms with Gasteiger partial charge in [0.1, 0.15) is 0 Å². The third-order valence-corrected chi connectivity index (χ3v) is 4.50. The quantitative estimate of drug-likeness (QED) is 0.482. The number of hydrogen-bond donors (Lipinski definition) is 2. The highest BCUT2D eigenvalue weighted by Gasteiger charge is 2.16. The number of nitrogens with one attached hydrogen (secondary N) is 1.